The first-order valence-electron chi connectivity index (χ1n) is 8.29. The monoisotopic (exact) mass is 307 g/mol. The summed E-state index contributed by atoms with van der Waals surface area (Å²) in [5.41, 5.74) is 8.08. The zero-order valence-corrected chi connectivity index (χ0v) is 13.2. The fourth-order valence-corrected chi connectivity index (χ4v) is 3.06. The average Bonchev–Trinajstić information content (AvgIpc) is 2.55. The number of aliphatic hydroxyl groups is 2. The molecule has 1 saturated carbocycles. The van der Waals surface area contributed by atoms with Crippen LogP contribution in [0.2, 0.25) is 0 Å². The molecule has 1 aromatic carbocycles. The quantitative estimate of drug-likeness (QED) is 0.584. The van der Waals surface area contributed by atoms with Gasteiger partial charge < -0.3 is 26.2 Å². The van der Waals surface area contributed by atoms with E-state index in [9.17, 15) is 0 Å². The molecule has 0 spiro atoms. The number of anilines is 2. The second-order valence-electron chi connectivity index (χ2n) is 6.14. The summed E-state index contributed by atoms with van der Waals surface area (Å²) in [4.78, 5) is 1.98. The van der Waals surface area contributed by atoms with Crippen LogP contribution in [0.15, 0.2) is 24.3 Å². The summed E-state index contributed by atoms with van der Waals surface area (Å²) in [6.07, 6.45) is 4.71. The summed E-state index contributed by atoms with van der Waals surface area (Å²) in [6, 6.07) is 8.59. The number of nitrogens with one attached hydrogen (secondary N) is 1. The van der Waals surface area contributed by atoms with E-state index >= 15 is 0 Å². The zero-order chi connectivity index (χ0) is 15.8. The smallest absolute Gasteiger partial charge is 0.0606 e. The van der Waals surface area contributed by atoms with Crippen LogP contribution in [-0.4, -0.2) is 49.1 Å². The summed E-state index contributed by atoms with van der Waals surface area (Å²) >= 11 is 0. The van der Waals surface area contributed by atoms with E-state index in [1.807, 2.05) is 17.0 Å². The highest BCUT2D eigenvalue weighted by Crippen LogP contribution is 2.24. The lowest BCUT2D eigenvalue weighted by molar-refractivity contribution is 0.281. The van der Waals surface area contributed by atoms with Gasteiger partial charge in [-0.2, -0.15) is 0 Å². The van der Waals surface area contributed by atoms with Gasteiger partial charge in [0.15, 0.2) is 0 Å². The Hall–Kier alpha value is -1.30. The first-order valence-corrected chi connectivity index (χ1v) is 8.29. The third-order valence-electron chi connectivity index (χ3n) is 4.46. The predicted molar refractivity (Wildman–Crippen MR) is 91.2 cm³/mol. The molecule has 2 rings (SSSR count). The predicted octanol–water partition coefficient (Wildman–Crippen LogP) is 1.41. The minimum Gasteiger partial charge on any atom is -0.395 e. The Bertz CT molecular complexity index is 410. The molecule has 0 bridgehead atoms. The van der Waals surface area contributed by atoms with Gasteiger partial charge in [0, 0.05) is 37.1 Å². The normalized spacial score (nSPS) is 21.6. The molecular weight excluding hydrogens is 278 g/mol. The molecule has 0 amide bonds. The van der Waals surface area contributed by atoms with Crippen LogP contribution < -0.4 is 16.0 Å². The van der Waals surface area contributed by atoms with Crippen molar-refractivity contribution in [1.82, 2.24) is 0 Å². The second kappa shape index (κ2) is 8.98. The van der Waals surface area contributed by atoms with E-state index in [2.05, 4.69) is 17.4 Å². The summed E-state index contributed by atoms with van der Waals surface area (Å²) in [7, 11) is 0. The Balaban J connectivity index is 1.83. The zero-order valence-electron chi connectivity index (χ0n) is 13.2. The molecule has 1 aliphatic rings. The summed E-state index contributed by atoms with van der Waals surface area (Å²) < 4.78 is 0. The fourth-order valence-electron chi connectivity index (χ4n) is 3.06. The topological polar surface area (TPSA) is 81.8 Å². The lowest BCUT2D eigenvalue weighted by atomic mass is 9.86. The molecule has 22 heavy (non-hydrogen) atoms. The van der Waals surface area contributed by atoms with Crippen molar-refractivity contribution >= 4 is 11.4 Å². The van der Waals surface area contributed by atoms with Crippen molar-refractivity contribution in [2.75, 3.05) is 43.1 Å². The molecule has 0 atom stereocenters. The lowest BCUT2D eigenvalue weighted by Gasteiger charge is -2.26. The van der Waals surface area contributed by atoms with Gasteiger partial charge >= 0.3 is 0 Å². The third-order valence-corrected chi connectivity index (χ3v) is 4.46. The molecule has 1 aliphatic carbocycles. The molecule has 1 aromatic rings. The Morgan fingerprint density at radius 3 is 2.14 bits per heavy atom. The van der Waals surface area contributed by atoms with Crippen molar-refractivity contribution in [3.8, 4) is 0 Å². The minimum absolute atomic E-state index is 0.0871. The van der Waals surface area contributed by atoms with Crippen LogP contribution in [0, 0.1) is 5.92 Å². The first-order chi connectivity index (χ1) is 10.7. The summed E-state index contributed by atoms with van der Waals surface area (Å²) in [6.45, 7) is 2.25. The van der Waals surface area contributed by atoms with Crippen molar-refractivity contribution in [2.45, 2.75) is 31.7 Å². The molecule has 0 aromatic heterocycles. The largest absolute Gasteiger partial charge is 0.395 e. The number of rotatable bonds is 8. The number of nitrogens with two attached hydrogens (primary N) is 1. The maximum absolute atomic E-state index is 9.08. The Morgan fingerprint density at radius 2 is 1.59 bits per heavy atom. The average molecular weight is 307 g/mol. The van der Waals surface area contributed by atoms with Crippen LogP contribution in [0.3, 0.4) is 0 Å². The van der Waals surface area contributed by atoms with E-state index in [4.69, 9.17) is 15.9 Å². The van der Waals surface area contributed by atoms with Gasteiger partial charge in [0.1, 0.15) is 0 Å². The third kappa shape index (κ3) is 5.16. The molecule has 0 saturated heterocycles. The summed E-state index contributed by atoms with van der Waals surface area (Å²) in [5, 5.41) is 21.7. The van der Waals surface area contributed by atoms with Crippen molar-refractivity contribution in [2.24, 2.45) is 11.7 Å². The van der Waals surface area contributed by atoms with Gasteiger partial charge in [0.05, 0.1) is 13.2 Å². The highest BCUT2D eigenvalue weighted by molar-refractivity contribution is 5.55. The number of aliphatic hydroxyl groups excluding tert-OH is 2. The highest BCUT2D eigenvalue weighted by atomic mass is 16.3. The van der Waals surface area contributed by atoms with E-state index in [-0.39, 0.29) is 13.2 Å². The Kier molecular flexibility index (Phi) is 6.96. The first kappa shape index (κ1) is 17.1. The Labute approximate surface area is 133 Å². The lowest BCUT2D eigenvalue weighted by Crippen LogP contribution is -2.29. The molecule has 124 valence electrons. The van der Waals surface area contributed by atoms with E-state index in [1.54, 1.807) is 0 Å². The molecule has 1 fully saturated rings. The SMILES string of the molecule is N[C@H]1CC[C@H](CNc2ccc(N(CCO)CCO)cc2)CC1. The van der Waals surface area contributed by atoms with Crippen LogP contribution in [0.4, 0.5) is 11.4 Å². The standard InChI is InChI=1S/C17H29N3O2/c18-15-3-1-14(2-4-15)13-19-16-5-7-17(8-6-16)20(9-11-21)10-12-22/h5-8,14-15,19,21-22H,1-4,9-13,18H2/t14-,15-. The maximum atomic E-state index is 9.08. The van der Waals surface area contributed by atoms with E-state index in [0.717, 1.165) is 36.7 Å². The molecular formula is C17H29N3O2. The molecule has 5 heteroatoms. The van der Waals surface area contributed by atoms with Gasteiger partial charge in [0.2, 0.25) is 0 Å². The minimum atomic E-state index is 0.0871. The molecule has 5 nitrogen and oxygen atoms in total. The van der Waals surface area contributed by atoms with Gasteiger partial charge in [0.25, 0.3) is 0 Å². The number of nitrogens with zero attached hydrogens (tertiary/aromatic N) is 1. The van der Waals surface area contributed by atoms with E-state index in [0.29, 0.717) is 19.1 Å². The van der Waals surface area contributed by atoms with Gasteiger partial charge in [-0.05, 0) is 55.9 Å². The van der Waals surface area contributed by atoms with Crippen LogP contribution in [-0.2, 0) is 0 Å². The highest BCUT2D eigenvalue weighted by Gasteiger charge is 2.18. The van der Waals surface area contributed by atoms with Crippen molar-refractivity contribution in [3.05, 3.63) is 24.3 Å². The van der Waals surface area contributed by atoms with Crippen LogP contribution in [0.25, 0.3) is 0 Å². The van der Waals surface area contributed by atoms with Crippen molar-refractivity contribution in [3.63, 3.8) is 0 Å². The van der Waals surface area contributed by atoms with Gasteiger partial charge in [-0.25, -0.2) is 0 Å². The molecule has 5 N–H and O–H groups in total. The van der Waals surface area contributed by atoms with Gasteiger partial charge in [-0.3, -0.25) is 0 Å². The maximum Gasteiger partial charge on any atom is 0.0606 e. The van der Waals surface area contributed by atoms with E-state index in [1.165, 1.54) is 12.8 Å². The number of benzene rings is 1. The molecule has 0 radical (unpaired) electrons. The van der Waals surface area contributed by atoms with Crippen molar-refractivity contribution in [1.29, 1.82) is 0 Å². The fraction of sp³-hybridized carbons (Fsp3) is 0.647. The van der Waals surface area contributed by atoms with Crippen molar-refractivity contribution < 1.29 is 10.2 Å². The molecule has 0 heterocycles. The summed E-state index contributed by atoms with van der Waals surface area (Å²) in [5.74, 6) is 0.722. The second-order valence-corrected chi connectivity index (χ2v) is 6.14. The number of hydrogen-bond acceptors (Lipinski definition) is 5. The van der Waals surface area contributed by atoms with E-state index < -0.39 is 0 Å². The number of hydrogen-bond donors (Lipinski definition) is 4. The van der Waals surface area contributed by atoms with Gasteiger partial charge in [-0.15, -0.1) is 0 Å². The molecule has 0 aliphatic heterocycles. The van der Waals surface area contributed by atoms with Gasteiger partial charge in [-0.1, -0.05) is 0 Å². The van der Waals surface area contributed by atoms with Crippen LogP contribution >= 0.6 is 0 Å². The Morgan fingerprint density at radius 1 is 1.00 bits per heavy atom. The van der Waals surface area contributed by atoms with Crippen LogP contribution in [0.1, 0.15) is 25.7 Å². The molecule has 0 unspecified atom stereocenters. The van der Waals surface area contributed by atoms with Crippen LogP contribution in [0.5, 0.6) is 0 Å².